The summed E-state index contributed by atoms with van der Waals surface area (Å²) in [7, 11) is 0. The number of nitrogens with zero attached hydrogens (tertiary/aromatic N) is 3. The van der Waals surface area contributed by atoms with E-state index in [9.17, 15) is 0 Å². The average Bonchev–Trinajstić information content (AvgIpc) is 2.92. The van der Waals surface area contributed by atoms with Crippen molar-refractivity contribution in [2.45, 2.75) is 52.4 Å². The third-order valence-corrected chi connectivity index (χ3v) is 6.83. The van der Waals surface area contributed by atoms with E-state index in [-0.39, 0.29) is 30.9 Å². The Morgan fingerprint density at radius 3 is 1.49 bits per heavy atom. The predicted octanol–water partition coefficient (Wildman–Crippen LogP) is 8.93. The van der Waals surface area contributed by atoms with Crippen LogP contribution in [0, 0.1) is 6.07 Å². The molecule has 0 saturated carbocycles. The van der Waals surface area contributed by atoms with Gasteiger partial charge in [-0.25, -0.2) is 9.97 Å². The maximum absolute atomic E-state index is 4.99. The van der Waals surface area contributed by atoms with Crippen LogP contribution in [-0.4, -0.2) is 15.0 Å². The topological polar surface area (TPSA) is 38.7 Å². The summed E-state index contributed by atoms with van der Waals surface area (Å²) in [5, 5.41) is 0. The van der Waals surface area contributed by atoms with Crippen LogP contribution in [0.3, 0.4) is 0 Å². The molecule has 5 rings (SSSR count). The molecule has 3 aromatic carbocycles. The standard InChI is InChI=1S/C35H34N3.Ir/c1-34(2,3)28-17-12-25(13-18-28)31-22-32(26-14-19-29(20-15-26)35(4,5)6)38-33(37-31)27-16-21-30(36-23-27)24-10-8-7-9-11-24;/h7-10,12-23H,1-6H3;/q-1;. The van der Waals surface area contributed by atoms with Crippen LogP contribution < -0.4 is 0 Å². The Labute approximate surface area is 246 Å². The molecule has 5 aromatic rings. The SMILES string of the molecule is CC(C)(C)c1ccc(-c2cc(-c3ccc(C(C)(C)C)cc3)nc(-c3ccc(-c4[c-]cccc4)nc3)n2)cc1.[Ir]. The van der Waals surface area contributed by atoms with E-state index in [1.807, 2.05) is 42.6 Å². The second-order valence-corrected chi connectivity index (χ2v) is 11.8. The van der Waals surface area contributed by atoms with Gasteiger partial charge >= 0.3 is 0 Å². The Morgan fingerprint density at radius 2 is 1.08 bits per heavy atom. The molecule has 0 bridgehead atoms. The fraction of sp³-hybridized carbons (Fsp3) is 0.229. The second kappa shape index (κ2) is 11.3. The maximum Gasteiger partial charge on any atom is 0.161 e. The van der Waals surface area contributed by atoms with Crippen molar-refractivity contribution in [1.29, 1.82) is 0 Å². The average molecular weight is 689 g/mol. The van der Waals surface area contributed by atoms with Crippen LogP contribution in [0.4, 0.5) is 0 Å². The summed E-state index contributed by atoms with van der Waals surface area (Å²) in [4.78, 5) is 14.7. The van der Waals surface area contributed by atoms with Gasteiger partial charge in [0.15, 0.2) is 5.82 Å². The number of benzene rings is 3. The van der Waals surface area contributed by atoms with Crippen molar-refractivity contribution in [3.05, 3.63) is 114 Å². The van der Waals surface area contributed by atoms with Crippen molar-refractivity contribution in [2.75, 3.05) is 0 Å². The first-order valence-electron chi connectivity index (χ1n) is 13.1. The zero-order chi connectivity index (χ0) is 26.9. The summed E-state index contributed by atoms with van der Waals surface area (Å²) in [5.74, 6) is 0.661. The van der Waals surface area contributed by atoms with Crippen molar-refractivity contribution < 1.29 is 20.1 Å². The molecule has 0 spiro atoms. The normalized spacial score (nSPS) is 11.6. The number of hydrogen-bond donors (Lipinski definition) is 0. The van der Waals surface area contributed by atoms with Gasteiger partial charge < -0.3 is 4.98 Å². The van der Waals surface area contributed by atoms with Crippen molar-refractivity contribution in [2.24, 2.45) is 0 Å². The summed E-state index contributed by atoms with van der Waals surface area (Å²) in [5.41, 5.74) is 9.43. The molecule has 2 aromatic heterocycles. The van der Waals surface area contributed by atoms with Crippen LogP contribution in [0.5, 0.6) is 0 Å². The molecule has 0 N–H and O–H groups in total. The first-order chi connectivity index (χ1) is 18.1. The van der Waals surface area contributed by atoms with Gasteiger partial charge in [-0.1, -0.05) is 102 Å². The molecular formula is C35H34IrN3-. The molecule has 0 fully saturated rings. The molecule has 0 unspecified atom stereocenters. The molecule has 0 saturated heterocycles. The zero-order valence-electron chi connectivity index (χ0n) is 23.4. The van der Waals surface area contributed by atoms with Crippen LogP contribution in [0.15, 0.2) is 97.2 Å². The van der Waals surface area contributed by atoms with E-state index < -0.39 is 0 Å². The fourth-order valence-corrected chi connectivity index (χ4v) is 4.39. The molecular weight excluding hydrogens is 655 g/mol. The molecule has 0 aliphatic heterocycles. The van der Waals surface area contributed by atoms with Gasteiger partial charge in [0.2, 0.25) is 0 Å². The van der Waals surface area contributed by atoms with Gasteiger partial charge in [-0.2, -0.15) is 0 Å². The van der Waals surface area contributed by atoms with E-state index in [2.05, 4.69) is 102 Å². The Hall–Kier alpha value is -3.46. The molecule has 0 atom stereocenters. The summed E-state index contributed by atoms with van der Waals surface area (Å²) >= 11 is 0. The van der Waals surface area contributed by atoms with Crippen LogP contribution in [0.1, 0.15) is 52.7 Å². The van der Waals surface area contributed by atoms with E-state index in [0.717, 1.165) is 39.3 Å². The van der Waals surface area contributed by atoms with Crippen LogP contribution in [-0.2, 0) is 30.9 Å². The van der Waals surface area contributed by atoms with Gasteiger partial charge in [-0.15, -0.1) is 35.9 Å². The van der Waals surface area contributed by atoms with Crippen molar-refractivity contribution in [1.82, 2.24) is 15.0 Å². The molecule has 0 aliphatic carbocycles. The zero-order valence-corrected chi connectivity index (χ0v) is 25.8. The van der Waals surface area contributed by atoms with Crippen LogP contribution in [0.2, 0.25) is 0 Å². The first kappa shape index (κ1) is 28.5. The minimum Gasteiger partial charge on any atom is -0.304 e. The number of rotatable bonds is 4. The Morgan fingerprint density at radius 1 is 0.564 bits per heavy atom. The molecule has 39 heavy (non-hydrogen) atoms. The number of hydrogen-bond acceptors (Lipinski definition) is 3. The minimum absolute atomic E-state index is 0. The minimum atomic E-state index is 0. The first-order valence-corrected chi connectivity index (χ1v) is 13.1. The monoisotopic (exact) mass is 689 g/mol. The Balaban J connectivity index is 0.00000353. The quantitative estimate of drug-likeness (QED) is 0.177. The molecule has 1 radical (unpaired) electrons. The van der Waals surface area contributed by atoms with Gasteiger partial charge in [0, 0.05) is 43.0 Å². The van der Waals surface area contributed by atoms with E-state index >= 15 is 0 Å². The molecule has 2 heterocycles. The summed E-state index contributed by atoms with van der Waals surface area (Å²) in [6.45, 7) is 13.4. The molecule has 199 valence electrons. The predicted molar refractivity (Wildman–Crippen MR) is 158 cm³/mol. The van der Waals surface area contributed by atoms with E-state index in [1.165, 1.54) is 11.1 Å². The number of aromatic nitrogens is 3. The van der Waals surface area contributed by atoms with E-state index in [1.54, 1.807) is 0 Å². The van der Waals surface area contributed by atoms with Gasteiger partial charge in [0.1, 0.15) is 0 Å². The summed E-state index contributed by atoms with van der Waals surface area (Å²) < 4.78 is 0. The fourth-order valence-electron chi connectivity index (χ4n) is 4.39. The van der Waals surface area contributed by atoms with E-state index in [0.29, 0.717) is 5.82 Å². The molecule has 3 nitrogen and oxygen atoms in total. The van der Waals surface area contributed by atoms with E-state index in [4.69, 9.17) is 15.0 Å². The van der Waals surface area contributed by atoms with Gasteiger partial charge in [-0.3, -0.25) is 0 Å². The van der Waals surface area contributed by atoms with Gasteiger partial charge in [0.05, 0.1) is 11.4 Å². The smallest absolute Gasteiger partial charge is 0.161 e. The van der Waals surface area contributed by atoms with Gasteiger partial charge in [0.25, 0.3) is 0 Å². The van der Waals surface area contributed by atoms with Crippen molar-refractivity contribution in [3.8, 4) is 45.2 Å². The summed E-state index contributed by atoms with van der Waals surface area (Å²) in [6, 6.07) is 34.7. The molecule has 0 amide bonds. The second-order valence-electron chi connectivity index (χ2n) is 11.8. The van der Waals surface area contributed by atoms with Crippen molar-refractivity contribution >= 4 is 0 Å². The van der Waals surface area contributed by atoms with Crippen molar-refractivity contribution in [3.63, 3.8) is 0 Å². The Bertz CT molecular complexity index is 1450. The third kappa shape index (κ3) is 6.58. The molecule has 0 aliphatic rings. The maximum atomic E-state index is 4.99. The Kier molecular flexibility index (Phi) is 8.30. The van der Waals surface area contributed by atoms with Crippen LogP contribution >= 0.6 is 0 Å². The molecule has 4 heteroatoms. The third-order valence-electron chi connectivity index (χ3n) is 6.83. The summed E-state index contributed by atoms with van der Waals surface area (Å²) in [6.07, 6.45) is 1.85. The van der Waals surface area contributed by atoms with Crippen LogP contribution in [0.25, 0.3) is 45.2 Å². The largest absolute Gasteiger partial charge is 0.304 e. The number of pyridine rings is 1. The van der Waals surface area contributed by atoms with Gasteiger partial charge in [-0.05, 0) is 33.7 Å².